The number of rotatable bonds is 55. The van der Waals surface area contributed by atoms with Crippen LogP contribution in [0.5, 0.6) is 0 Å². The summed E-state index contributed by atoms with van der Waals surface area (Å²) >= 11 is 0. The second-order valence-electron chi connectivity index (χ2n) is 20.2. The van der Waals surface area contributed by atoms with Crippen LogP contribution in [0.2, 0.25) is 0 Å². The summed E-state index contributed by atoms with van der Waals surface area (Å²) in [7, 11) is 0. The molecule has 1 atom stereocenters. The third-order valence-electron chi connectivity index (χ3n) is 13.1. The van der Waals surface area contributed by atoms with Gasteiger partial charge in [-0.15, -0.1) is 0 Å². The van der Waals surface area contributed by atoms with Crippen molar-refractivity contribution < 1.29 is 28.6 Å². The average molecular weight is 1020 g/mol. The molecule has 6 nitrogen and oxygen atoms in total. The summed E-state index contributed by atoms with van der Waals surface area (Å²) in [6, 6.07) is 0. The highest BCUT2D eigenvalue weighted by atomic mass is 16.6. The second kappa shape index (κ2) is 60.9. The molecule has 0 aromatic rings. The van der Waals surface area contributed by atoms with E-state index >= 15 is 0 Å². The van der Waals surface area contributed by atoms with Gasteiger partial charge in [-0.05, 0) is 103 Å². The van der Waals surface area contributed by atoms with Gasteiger partial charge < -0.3 is 14.2 Å². The fraction of sp³-hybridized carbons (Fsp3) is 0.716. The SMILES string of the molecule is CC/C=C\C/C=C\C/C=C\C/C=C\C/C=C\C/C=C\C/C=C\CCCCCC(=O)OCC(COC(=O)CCCCCCCCCCCCCCCCC)OC(=O)CCCCCCC/C=C\CCCCCCCC. The average Bonchev–Trinajstić information content (AvgIpc) is 3.39. The standard InChI is InChI=1S/C67H114O6/c1-4-7-10-13-16-19-22-25-28-29-30-31-32-33-34-35-36-37-40-42-45-48-51-54-57-60-66(69)72-63-64(73-67(70)61-58-55-52-49-46-43-39-27-24-21-18-15-12-9-6-3)62-71-65(68)59-56-53-50-47-44-41-38-26-23-20-17-14-11-8-5-2/h7,10,16,19,25,27-28,30-31,33-34,36-37,39,42,45,64H,4-6,8-9,11-15,17-18,20-24,26,29,32,35,38,40-41,43-44,46-63H2,1-3H3/b10-7-,19-16-,28-25-,31-30-,34-33-,37-36-,39-27-,45-42-. The number of carbonyl (C=O) groups is 3. The largest absolute Gasteiger partial charge is 0.462 e. The molecule has 0 aliphatic rings. The van der Waals surface area contributed by atoms with E-state index < -0.39 is 6.10 Å². The van der Waals surface area contributed by atoms with Crippen molar-refractivity contribution in [2.75, 3.05) is 13.2 Å². The van der Waals surface area contributed by atoms with Crippen molar-refractivity contribution in [3.05, 3.63) is 97.2 Å². The molecule has 0 bridgehead atoms. The zero-order valence-electron chi connectivity index (χ0n) is 47.9. The number of unbranched alkanes of at least 4 members (excludes halogenated alkanes) is 28. The minimum absolute atomic E-state index is 0.0894. The molecule has 0 N–H and O–H groups in total. The van der Waals surface area contributed by atoms with E-state index in [1.165, 1.54) is 128 Å². The van der Waals surface area contributed by atoms with E-state index in [-0.39, 0.29) is 31.1 Å². The summed E-state index contributed by atoms with van der Waals surface area (Å²) in [6.45, 7) is 6.51. The molecule has 0 rings (SSSR count). The minimum Gasteiger partial charge on any atom is -0.462 e. The summed E-state index contributed by atoms with van der Waals surface area (Å²) < 4.78 is 16.9. The van der Waals surface area contributed by atoms with Gasteiger partial charge in [0.1, 0.15) is 13.2 Å². The van der Waals surface area contributed by atoms with E-state index in [1.54, 1.807) is 0 Å². The van der Waals surface area contributed by atoms with Crippen molar-refractivity contribution in [1.82, 2.24) is 0 Å². The van der Waals surface area contributed by atoms with Crippen molar-refractivity contribution >= 4 is 17.9 Å². The van der Waals surface area contributed by atoms with Crippen LogP contribution in [-0.2, 0) is 28.6 Å². The van der Waals surface area contributed by atoms with Crippen molar-refractivity contribution in [2.24, 2.45) is 0 Å². The van der Waals surface area contributed by atoms with Crippen molar-refractivity contribution in [2.45, 2.75) is 297 Å². The second-order valence-corrected chi connectivity index (χ2v) is 20.2. The van der Waals surface area contributed by atoms with Gasteiger partial charge in [-0.2, -0.15) is 0 Å². The Kier molecular flexibility index (Phi) is 57.8. The molecule has 73 heavy (non-hydrogen) atoms. The lowest BCUT2D eigenvalue weighted by Gasteiger charge is -2.18. The molecule has 0 saturated carbocycles. The van der Waals surface area contributed by atoms with Gasteiger partial charge in [-0.25, -0.2) is 0 Å². The molecule has 0 aromatic heterocycles. The summed E-state index contributed by atoms with van der Waals surface area (Å²) in [6.07, 6.45) is 81.1. The fourth-order valence-electron chi connectivity index (χ4n) is 8.48. The van der Waals surface area contributed by atoms with Crippen molar-refractivity contribution in [3.63, 3.8) is 0 Å². The molecular formula is C67H114O6. The number of allylic oxidation sites excluding steroid dienone is 16. The van der Waals surface area contributed by atoms with Crippen LogP contribution in [0.15, 0.2) is 97.2 Å². The molecule has 0 aromatic carbocycles. The maximum absolute atomic E-state index is 12.9. The molecule has 0 saturated heterocycles. The lowest BCUT2D eigenvalue weighted by Crippen LogP contribution is -2.30. The smallest absolute Gasteiger partial charge is 0.306 e. The lowest BCUT2D eigenvalue weighted by molar-refractivity contribution is -0.167. The zero-order valence-corrected chi connectivity index (χ0v) is 47.9. The molecule has 0 aliphatic carbocycles. The Bertz CT molecular complexity index is 1440. The zero-order chi connectivity index (χ0) is 52.9. The monoisotopic (exact) mass is 1010 g/mol. The van der Waals surface area contributed by atoms with E-state index in [4.69, 9.17) is 14.2 Å². The molecule has 0 aliphatic heterocycles. The fourth-order valence-corrected chi connectivity index (χ4v) is 8.48. The Hall–Kier alpha value is -3.67. The molecule has 6 heteroatoms. The Labute approximate surface area is 451 Å². The number of hydrogen-bond acceptors (Lipinski definition) is 6. The highest BCUT2D eigenvalue weighted by Crippen LogP contribution is 2.16. The van der Waals surface area contributed by atoms with Crippen molar-refractivity contribution in [1.29, 1.82) is 0 Å². The quantitative estimate of drug-likeness (QED) is 0.0261. The van der Waals surface area contributed by atoms with Crippen LogP contribution in [0.1, 0.15) is 290 Å². The van der Waals surface area contributed by atoms with Gasteiger partial charge in [0, 0.05) is 19.3 Å². The van der Waals surface area contributed by atoms with Crippen LogP contribution < -0.4 is 0 Å². The van der Waals surface area contributed by atoms with Crippen LogP contribution in [0.3, 0.4) is 0 Å². The summed E-state index contributed by atoms with van der Waals surface area (Å²) in [5.41, 5.74) is 0. The summed E-state index contributed by atoms with van der Waals surface area (Å²) in [5, 5.41) is 0. The van der Waals surface area contributed by atoms with Crippen LogP contribution in [0, 0.1) is 0 Å². The van der Waals surface area contributed by atoms with Gasteiger partial charge in [-0.1, -0.05) is 266 Å². The normalized spacial score (nSPS) is 12.8. The first kappa shape index (κ1) is 69.3. The first-order valence-electron chi connectivity index (χ1n) is 30.7. The van der Waals surface area contributed by atoms with Crippen LogP contribution in [-0.4, -0.2) is 37.2 Å². The molecular weight excluding hydrogens is 901 g/mol. The third-order valence-corrected chi connectivity index (χ3v) is 13.1. The summed E-state index contributed by atoms with van der Waals surface area (Å²) in [5.74, 6) is -0.924. The van der Waals surface area contributed by atoms with E-state index in [1.807, 2.05) is 0 Å². The van der Waals surface area contributed by atoms with Gasteiger partial charge in [0.05, 0.1) is 0 Å². The first-order valence-corrected chi connectivity index (χ1v) is 30.7. The Morgan fingerprint density at radius 1 is 0.288 bits per heavy atom. The predicted octanol–water partition coefficient (Wildman–Crippen LogP) is 20.9. The predicted molar refractivity (Wildman–Crippen MR) is 316 cm³/mol. The van der Waals surface area contributed by atoms with E-state index in [9.17, 15) is 14.4 Å². The van der Waals surface area contributed by atoms with Gasteiger partial charge in [0.2, 0.25) is 0 Å². The highest BCUT2D eigenvalue weighted by molar-refractivity contribution is 5.71. The maximum Gasteiger partial charge on any atom is 0.306 e. The highest BCUT2D eigenvalue weighted by Gasteiger charge is 2.19. The van der Waals surface area contributed by atoms with E-state index in [0.29, 0.717) is 19.3 Å². The van der Waals surface area contributed by atoms with E-state index in [2.05, 4.69) is 118 Å². The number of ether oxygens (including phenoxy) is 3. The summed E-state index contributed by atoms with van der Waals surface area (Å²) in [4.78, 5) is 38.2. The molecule has 0 amide bonds. The number of carbonyl (C=O) groups excluding carboxylic acids is 3. The van der Waals surface area contributed by atoms with Crippen LogP contribution >= 0.6 is 0 Å². The van der Waals surface area contributed by atoms with Crippen LogP contribution in [0.25, 0.3) is 0 Å². The molecule has 1 unspecified atom stereocenters. The molecule has 418 valence electrons. The van der Waals surface area contributed by atoms with Gasteiger partial charge in [-0.3, -0.25) is 14.4 Å². The van der Waals surface area contributed by atoms with Gasteiger partial charge in [0.15, 0.2) is 6.10 Å². The molecule has 0 heterocycles. The third kappa shape index (κ3) is 59.1. The maximum atomic E-state index is 12.9. The van der Waals surface area contributed by atoms with Gasteiger partial charge in [0.25, 0.3) is 0 Å². The van der Waals surface area contributed by atoms with Crippen molar-refractivity contribution in [3.8, 4) is 0 Å². The molecule has 0 spiro atoms. The van der Waals surface area contributed by atoms with Gasteiger partial charge >= 0.3 is 17.9 Å². The number of esters is 3. The number of hydrogen-bond donors (Lipinski definition) is 0. The van der Waals surface area contributed by atoms with E-state index in [0.717, 1.165) is 122 Å². The Morgan fingerprint density at radius 2 is 0.534 bits per heavy atom. The Balaban J connectivity index is 4.42. The topological polar surface area (TPSA) is 78.9 Å². The minimum atomic E-state index is -0.795. The lowest BCUT2D eigenvalue weighted by atomic mass is 10.0. The first-order chi connectivity index (χ1) is 36.0. The van der Waals surface area contributed by atoms with Crippen LogP contribution in [0.4, 0.5) is 0 Å². The molecule has 0 fully saturated rings. The molecule has 0 radical (unpaired) electrons. The Morgan fingerprint density at radius 3 is 0.863 bits per heavy atom.